The highest BCUT2D eigenvalue weighted by molar-refractivity contribution is 5.68. The molecular formula is C14H17N3. The van der Waals surface area contributed by atoms with Crippen LogP contribution in [-0.2, 0) is 0 Å². The van der Waals surface area contributed by atoms with E-state index in [1.165, 1.54) is 22.3 Å². The van der Waals surface area contributed by atoms with Crippen molar-refractivity contribution in [1.82, 2.24) is 9.97 Å². The zero-order valence-electron chi connectivity index (χ0n) is 10.7. The van der Waals surface area contributed by atoms with Crippen molar-refractivity contribution in [3.8, 4) is 11.4 Å². The second-order valence-electron chi connectivity index (χ2n) is 4.44. The number of nitrogen functional groups attached to an aromatic ring is 1. The predicted octanol–water partition coefficient (Wildman–Crippen LogP) is 2.96. The summed E-state index contributed by atoms with van der Waals surface area (Å²) < 4.78 is 0. The van der Waals surface area contributed by atoms with Crippen LogP contribution in [0.3, 0.4) is 0 Å². The lowest BCUT2D eigenvalue weighted by atomic mass is 9.94. The molecule has 0 aliphatic carbocycles. The van der Waals surface area contributed by atoms with Gasteiger partial charge in [-0.15, -0.1) is 0 Å². The third-order valence-electron chi connectivity index (χ3n) is 3.27. The first-order valence-electron chi connectivity index (χ1n) is 5.67. The molecule has 0 atom stereocenters. The molecule has 0 unspecified atom stereocenters. The van der Waals surface area contributed by atoms with Crippen molar-refractivity contribution in [1.29, 1.82) is 0 Å². The molecule has 0 saturated heterocycles. The van der Waals surface area contributed by atoms with E-state index in [0.717, 1.165) is 5.56 Å². The van der Waals surface area contributed by atoms with E-state index in [-0.39, 0.29) is 0 Å². The molecule has 0 radical (unpaired) electrons. The molecule has 0 aliphatic rings. The molecule has 1 aromatic carbocycles. The largest absolute Gasteiger partial charge is 0.384 e. The SMILES string of the molecule is Cc1cc(C)c(C)c(-c2nccc(N)n2)c1C. The van der Waals surface area contributed by atoms with Gasteiger partial charge in [0.2, 0.25) is 0 Å². The van der Waals surface area contributed by atoms with Gasteiger partial charge < -0.3 is 5.73 Å². The predicted molar refractivity (Wildman–Crippen MR) is 70.8 cm³/mol. The number of hydrogen-bond acceptors (Lipinski definition) is 3. The second kappa shape index (κ2) is 4.17. The summed E-state index contributed by atoms with van der Waals surface area (Å²) >= 11 is 0. The van der Waals surface area contributed by atoms with E-state index in [2.05, 4.69) is 43.7 Å². The van der Waals surface area contributed by atoms with Gasteiger partial charge in [-0.05, 0) is 56.0 Å². The normalized spacial score (nSPS) is 10.6. The van der Waals surface area contributed by atoms with Crippen molar-refractivity contribution >= 4 is 5.82 Å². The Morgan fingerprint density at radius 1 is 1.00 bits per heavy atom. The zero-order valence-corrected chi connectivity index (χ0v) is 10.7. The first-order chi connectivity index (χ1) is 8.00. The number of aryl methyl sites for hydroxylation is 2. The van der Waals surface area contributed by atoms with Gasteiger partial charge in [0.1, 0.15) is 5.82 Å². The van der Waals surface area contributed by atoms with Crippen LogP contribution in [0, 0.1) is 27.7 Å². The van der Waals surface area contributed by atoms with E-state index in [0.29, 0.717) is 11.6 Å². The van der Waals surface area contributed by atoms with Crippen LogP contribution in [-0.4, -0.2) is 9.97 Å². The van der Waals surface area contributed by atoms with E-state index in [9.17, 15) is 0 Å². The monoisotopic (exact) mass is 227 g/mol. The van der Waals surface area contributed by atoms with E-state index >= 15 is 0 Å². The quantitative estimate of drug-likeness (QED) is 0.814. The Kier molecular flexibility index (Phi) is 2.84. The van der Waals surface area contributed by atoms with Crippen molar-refractivity contribution in [2.75, 3.05) is 5.73 Å². The molecule has 2 N–H and O–H groups in total. The van der Waals surface area contributed by atoms with Crippen LogP contribution in [0.5, 0.6) is 0 Å². The molecule has 0 saturated carbocycles. The van der Waals surface area contributed by atoms with Crippen molar-refractivity contribution in [2.45, 2.75) is 27.7 Å². The smallest absolute Gasteiger partial charge is 0.162 e. The van der Waals surface area contributed by atoms with Gasteiger partial charge in [0, 0.05) is 11.8 Å². The minimum Gasteiger partial charge on any atom is -0.384 e. The molecule has 0 amide bonds. The summed E-state index contributed by atoms with van der Waals surface area (Å²) in [6, 6.07) is 3.90. The molecular weight excluding hydrogens is 210 g/mol. The highest BCUT2D eigenvalue weighted by atomic mass is 14.9. The number of anilines is 1. The van der Waals surface area contributed by atoms with Crippen molar-refractivity contribution < 1.29 is 0 Å². The van der Waals surface area contributed by atoms with Crippen LogP contribution < -0.4 is 5.73 Å². The number of hydrogen-bond donors (Lipinski definition) is 1. The van der Waals surface area contributed by atoms with Crippen molar-refractivity contribution in [3.63, 3.8) is 0 Å². The maximum atomic E-state index is 5.72. The summed E-state index contributed by atoms with van der Waals surface area (Å²) in [6.45, 7) is 8.42. The van der Waals surface area contributed by atoms with Crippen LogP contribution in [0.25, 0.3) is 11.4 Å². The summed E-state index contributed by atoms with van der Waals surface area (Å²) in [5.74, 6) is 1.22. The molecule has 0 aliphatic heterocycles. The molecule has 2 aromatic rings. The lowest BCUT2D eigenvalue weighted by Crippen LogP contribution is -2.00. The van der Waals surface area contributed by atoms with Crippen LogP contribution in [0.15, 0.2) is 18.3 Å². The fraction of sp³-hybridized carbons (Fsp3) is 0.286. The Morgan fingerprint density at radius 2 is 1.59 bits per heavy atom. The summed E-state index contributed by atoms with van der Waals surface area (Å²) in [5, 5.41) is 0. The molecule has 1 aromatic heterocycles. The van der Waals surface area contributed by atoms with E-state index in [1.807, 2.05) is 0 Å². The Bertz CT molecular complexity index is 548. The van der Waals surface area contributed by atoms with Crippen LogP contribution >= 0.6 is 0 Å². The summed E-state index contributed by atoms with van der Waals surface area (Å²) in [4.78, 5) is 8.64. The van der Waals surface area contributed by atoms with E-state index in [4.69, 9.17) is 5.73 Å². The first-order valence-corrected chi connectivity index (χ1v) is 5.67. The summed E-state index contributed by atoms with van der Waals surface area (Å²) in [6.07, 6.45) is 1.70. The minimum atomic E-state index is 0.507. The third-order valence-corrected chi connectivity index (χ3v) is 3.27. The minimum absolute atomic E-state index is 0.507. The van der Waals surface area contributed by atoms with Crippen LogP contribution in [0.1, 0.15) is 22.3 Å². The molecule has 0 bridgehead atoms. The lowest BCUT2D eigenvalue weighted by molar-refractivity contribution is 1.14. The molecule has 88 valence electrons. The van der Waals surface area contributed by atoms with Gasteiger partial charge in [-0.3, -0.25) is 0 Å². The Morgan fingerprint density at radius 3 is 2.12 bits per heavy atom. The zero-order chi connectivity index (χ0) is 12.6. The highest BCUT2D eigenvalue weighted by Crippen LogP contribution is 2.29. The maximum Gasteiger partial charge on any atom is 0.162 e. The van der Waals surface area contributed by atoms with Gasteiger partial charge in [-0.1, -0.05) is 6.07 Å². The molecule has 0 spiro atoms. The van der Waals surface area contributed by atoms with Gasteiger partial charge >= 0.3 is 0 Å². The first kappa shape index (κ1) is 11.6. The molecule has 17 heavy (non-hydrogen) atoms. The topological polar surface area (TPSA) is 51.8 Å². The summed E-state index contributed by atoms with van der Waals surface area (Å²) in [5.41, 5.74) is 11.8. The number of aromatic nitrogens is 2. The number of benzene rings is 1. The summed E-state index contributed by atoms with van der Waals surface area (Å²) in [7, 11) is 0. The van der Waals surface area contributed by atoms with Crippen LogP contribution in [0.4, 0.5) is 5.82 Å². The lowest BCUT2D eigenvalue weighted by Gasteiger charge is -2.14. The fourth-order valence-corrected chi connectivity index (χ4v) is 2.05. The fourth-order valence-electron chi connectivity index (χ4n) is 2.05. The number of nitrogens with two attached hydrogens (primary N) is 1. The Balaban J connectivity index is 2.75. The Labute approximate surface area is 102 Å². The van der Waals surface area contributed by atoms with Crippen molar-refractivity contribution in [2.24, 2.45) is 0 Å². The van der Waals surface area contributed by atoms with Gasteiger partial charge in [-0.25, -0.2) is 9.97 Å². The molecule has 2 rings (SSSR count). The average molecular weight is 227 g/mol. The van der Waals surface area contributed by atoms with Gasteiger partial charge in [0.15, 0.2) is 5.82 Å². The van der Waals surface area contributed by atoms with Gasteiger partial charge in [0.25, 0.3) is 0 Å². The third kappa shape index (κ3) is 2.00. The van der Waals surface area contributed by atoms with Crippen LogP contribution in [0.2, 0.25) is 0 Å². The Hall–Kier alpha value is -1.90. The average Bonchev–Trinajstić information content (AvgIpc) is 2.27. The van der Waals surface area contributed by atoms with Gasteiger partial charge in [0.05, 0.1) is 0 Å². The van der Waals surface area contributed by atoms with Crippen molar-refractivity contribution in [3.05, 3.63) is 40.6 Å². The molecule has 1 heterocycles. The maximum absolute atomic E-state index is 5.72. The standard InChI is InChI=1S/C14H17N3/c1-8-7-9(2)11(4)13(10(8)3)14-16-6-5-12(15)17-14/h5-7H,1-4H3,(H2,15,16,17). The van der Waals surface area contributed by atoms with E-state index < -0.39 is 0 Å². The highest BCUT2D eigenvalue weighted by Gasteiger charge is 2.12. The molecule has 3 nitrogen and oxygen atoms in total. The molecule has 0 fully saturated rings. The number of rotatable bonds is 1. The second-order valence-corrected chi connectivity index (χ2v) is 4.44. The van der Waals surface area contributed by atoms with Gasteiger partial charge in [-0.2, -0.15) is 0 Å². The number of nitrogens with zero attached hydrogens (tertiary/aromatic N) is 2. The molecule has 3 heteroatoms. The van der Waals surface area contributed by atoms with E-state index in [1.54, 1.807) is 12.3 Å².